The molecule has 0 spiro atoms. The van der Waals surface area contributed by atoms with E-state index in [2.05, 4.69) is 0 Å². The minimum Gasteiger partial charge on any atom is -0.507 e. The molecule has 0 aliphatic rings. The molecule has 1 unspecified atom stereocenters. The molecule has 0 heterocycles. The van der Waals surface area contributed by atoms with Crippen LogP contribution in [0.2, 0.25) is 0 Å². The van der Waals surface area contributed by atoms with Crippen LogP contribution in [0.3, 0.4) is 0 Å². The van der Waals surface area contributed by atoms with E-state index in [4.69, 9.17) is 5.73 Å². The van der Waals surface area contributed by atoms with Gasteiger partial charge in [0.2, 0.25) is 0 Å². The fourth-order valence-corrected chi connectivity index (χ4v) is 1.47. The molecule has 0 saturated carbocycles. The van der Waals surface area contributed by atoms with E-state index in [-0.39, 0.29) is 17.2 Å². The summed E-state index contributed by atoms with van der Waals surface area (Å²) in [5.74, 6) is -0.221. The number of hydrogen-bond acceptors (Lipinski definition) is 2. The lowest BCUT2D eigenvalue weighted by Crippen LogP contribution is -2.05. The predicted octanol–water partition coefficient (Wildman–Crippen LogP) is 2.78. The monoisotopic (exact) mass is 215 g/mol. The zero-order valence-electron chi connectivity index (χ0n) is 8.58. The van der Waals surface area contributed by atoms with Crippen molar-refractivity contribution in [2.24, 2.45) is 5.73 Å². The molecule has 0 saturated heterocycles. The van der Waals surface area contributed by atoms with Gasteiger partial charge in [-0.2, -0.15) is 0 Å². The summed E-state index contributed by atoms with van der Waals surface area (Å²) in [6.07, 6.45) is -1.90. The number of rotatable bonds is 4. The van der Waals surface area contributed by atoms with Crippen LogP contribution in [-0.2, 0) is 0 Å². The van der Waals surface area contributed by atoms with Gasteiger partial charge in [-0.05, 0) is 36.6 Å². The molecule has 0 radical (unpaired) electrons. The zero-order valence-corrected chi connectivity index (χ0v) is 8.58. The first-order valence-corrected chi connectivity index (χ1v) is 4.87. The molecule has 84 valence electrons. The van der Waals surface area contributed by atoms with E-state index < -0.39 is 6.43 Å². The lowest BCUT2D eigenvalue weighted by atomic mass is 9.96. The highest BCUT2D eigenvalue weighted by molar-refractivity contribution is 5.38. The van der Waals surface area contributed by atoms with Gasteiger partial charge in [-0.1, -0.05) is 13.0 Å². The summed E-state index contributed by atoms with van der Waals surface area (Å²) in [7, 11) is 0. The Morgan fingerprint density at radius 3 is 2.60 bits per heavy atom. The van der Waals surface area contributed by atoms with Crippen LogP contribution in [-0.4, -0.2) is 11.7 Å². The molecule has 1 aromatic rings. The number of phenols is 1. The Bertz CT molecular complexity index is 328. The fraction of sp³-hybridized carbons (Fsp3) is 0.455. The lowest BCUT2D eigenvalue weighted by molar-refractivity contribution is 0.147. The summed E-state index contributed by atoms with van der Waals surface area (Å²) in [6.45, 7) is 2.44. The van der Waals surface area contributed by atoms with E-state index in [0.29, 0.717) is 6.54 Å². The molecular weight excluding hydrogens is 200 g/mol. The third-order valence-corrected chi connectivity index (χ3v) is 2.46. The lowest BCUT2D eigenvalue weighted by Gasteiger charge is -2.12. The average molecular weight is 215 g/mol. The van der Waals surface area contributed by atoms with Gasteiger partial charge in [-0.15, -0.1) is 0 Å². The minimum atomic E-state index is -2.64. The van der Waals surface area contributed by atoms with Crippen molar-refractivity contribution < 1.29 is 13.9 Å². The van der Waals surface area contributed by atoms with Crippen molar-refractivity contribution in [1.29, 1.82) is 0 Å². The average Bonchev–Trinajstić information content (AvgIpc) is 2.18. The summed E-state index contributed by atoms with van der Waals surface area (Å²) in [6, 6.07) is 4.31. The van der Waals surface area contributed by atoms with Crippen molar-refractivity contribution in [3.63, 3.8) is 0 Å². The normalized spacial score (nSPS) is 13.1. The van der Waals surface area contributed by atoms with Gasteiger partial charge in [-0.3, -0.25) is 0 Å². The highest BCUT2D eigenvalue weighted by Crippen LogP contribution is 2.31. The zero-order chi connectivity index (χ0) is 11.4. The predicted molar refractivity (Wildman–Crippen MR) is 55.2 cm³/mol. The second-order valence-electron chi connectivity index (χ2n) is 3.60. The van der Waals surface area contributed by atoms with Crippen molar-refractivity contribution in [3.8, 4) is 5.75 Å². The first-order chi connectivity index (χ1) is 7.06. The molecule has 0 aliphatic carbocycles. The Kier molecular flexibility index (Phi) is 4.03. The Morgan fingerprint density at radius 2 is 2.07 bits per heavy atom. The number of halogens is 2. The second-order valence-corrected chi connectivity index (χ2v) is 3.60. The number of nitrogens with two attached hydrogens (primary N) is 1. The van der Waals surface area contributed by atoms with Gasteiger partial charge in [-0.25, -0.2) is 8.78 Å². The maximum absolute atomic E-state index is 12.5. The van der Waals surface area contributed by atoms with Gasteiger partial charge in [0.25, 0.3) is 6.43 Å². The maximum atomic E-state index is 12.5. The molecule has 0 amide bonds. The van der Waals surface area contributed by atoms with Crippen LogP contribution in [0.25, 0.3) is 0 Å². The van der Waals surface area contributed by atoms with E-state index in [9.17, 15) is 13.9 Å². The van der Waals surface area contributed by atoms with Gasteiger partial charge in [0.05, 0.1) is 5.56 Å². The van der Waals surface area contributed by atoms with E-state index >= 15 is 0 Å². The molecule has 1 atom stereocenters. The number of aromatic hydroxyl groups is 1. The Morgan fingerprint density at radius 1 is 1.40 bits per heavy atom. The Hall–Kier alpha value is -1.16. The molecule has 0 fully saturated rings. The Labute approximate surface area is 87.7 Å². The van der Waals surface area contributed by atoms with Crippen LogP contribution in [0.5, 0.6) is 5.75 Å². The molecule has 1 aromatic carbocycles. The van der Waals surface area contributed by atoms with Gasteiger partial charge in [0.1, 0.15) is 5.75 Å². The third-order valence-electron chi connectivity index (χ3n) is 2.46. The number of alkyl halides is 2. The van der Waals surface area contributed by atoms with Crippen molar-refractivity contribution in [3.05, 3.63) is 29.3 Å². The van der Waals surface area contributed by atoms with Crippen molar-refractivity contribution in [2.75, 3.05) is 6.54 Å². The van der Waals surface area contributed by atoms with Gasteiger partial charge in [0, 0.05) is 0 Å². The summed E-state index contributed by atoms with van der Waals surface area (Å²) in [5, 5.41) is 9.21. The van der Waals surface area contributed by atoms with Crippen molar-refractivity contribution in [1.82, 2.24) is 0 Å². The standard InChI is InChI=1S/C11H15F2NO/c1-7(4-5-14)8-2-3-10(15)9(6-8)11(12)13/h2-3,6-7,11,15H,4-5,14H2,1H3. The van der Waals surface area contributed by atoms with Crippen LogP contribution < -0.4 is 5.73 Å². The highest BCUT2D eigenvalue weighted by Gasteiger charge is 2.15. The summed E-state index contributed by atoms with van der Waals surface area (Å²) in [5.41, 5.74) is 5.87. The van der Waals surface area contributed by atoms with Crippen molar-refractivity contribution >= 4 is 0 Å². The number of phenolic OH excluding ortho intramolecular Hbond substituents is 1. The maximum Gasteiger partial charge on any atom is 0.267 e. The summed E-state index contributed by atoms with van der Waals surface area (Å²) < 4.78 is 24.9. The first-order valence-electron chi connectivity index (χ1n) is 4.87. The molecule has 0 aromatic heterocycles. The van der Waals surface area contributed by atoms with Crippen LogP contribution in [0.4, 0.5) is 8.78 Å². The quantitative estimate of drug-likeness (QED) is 0.811. The molecular formula is C11H15F2NO. The summed E-state index contributed by atoms with van der Waals surface area (Å²) in [4.78, 5) is 0. The first kappa shape index (κ1) is 11.9. The molecule has 4 heteroatoms. The molecule has 15 heavy (non-hydrogen) atoms. The van der Waals surface area contributed by atoms with Crippen LogP contribution in [0.1, 0.15) is 36.8 Å². The molecule has 3 N–H and O–H groups in total. The number of benzene rings is 1. The van der Waals surface area contributed by atoms with Gasteiger partial charge in [0.15, 0.2) is 0 Å². The van der Waals surface area contributed by atoms with Crippen LogP contribution >= 0.6 is 0 Å². The Balaban J connectivity index is 2.96. The van der Waals surface area contributed by atoms with E-state index in [1.807, 2.05) is 6.92 Å². The third kappa shape index (κ3) is 2.89. The van der Waals surface area contributed by atoms with E-state index in [1.54, 1.807) is 6.07 Å². The van der Waals surface area contributed by atoms with E-state index in [0.717, 1.165) is 12.0 Å². The number of hydrogen-bond donors (Lipinski definition) is 2. The topological polar surface area (TPSA) is 46.2 Å². The molecule has 0 bridgehead atoms. The summed E-state index contributed by atoms with van der Waals surface area (Å²) >= 11 is 0. The smallest absolute Gasteiger partial charge is 0.267 e. The van der Waals surface area contributed by atoms with Crippen LogP contribution in [0, 0.1) is 0 Å². The molecule has 1 rings (SSSR count). The van der Waals surface area contributed by atoms with Crippen LogP contribution in [0.15, 0.2) is 18.2 Å². The fourth-order valence-electron chi connectivity index (χ4n) is 1.47. The largest absolute Gasteiger partial charge is 0.507 e. The molecule has 2 nitrogen and oxygen atoms in total. The van der Waals surface area contributed by atoms with E-state index in [1.165, 1.54) is 12.1 Å². The minimum absolute atomic E-state index is 0.132. The van der Waals surface area contributed by atoms with Gasteiger partial charge >= 0.3 is 0 Å². The van der Waals surface area contributed by atoms with Gasteiger partial charge < -0.3 is 10.8 Å². The SMILES string of the molecule is CC(CCN)c1ccc(O)c(C(F)F)c1. The highest BCUT2D eigenvalue weighted by atomic mass is 19.3. The van der Waals surface area contributed by atoms with Crippen molar-refractivity contribution in [2.45, 2.75) is 25.7 Å². The molecule has 0 aliphatic heterocycles. The second kappa shape index (κ2) is 5.07.